The number of benzene rings is 1. The minimum absolute atomic E-state index is 0.0697. The van der Waals surface area contributed by atoms with Crippen LogP contribution in [0.1, 0.15) is 19.3 Å². The molecule has 1 saturated heterocycles. The molecule has 0 unspecified atom stereocenters. The molecule has 120 valence electrons. The molecule has 6 nitrogen and oxygen atoms in total. The molecule has 0 saturated carbocycles. The Kier molecular flexibility index (Phi) is 4.59. The zero-order valence-electron chi connectivity index (χ0n) is 12.4. The first-order chi connectivity index (χ1) is 11.2. The average Bonchev–Trinajstić information content (AvgIpc) is 3.11. The van der Waals surface area contributed by atoms with E-state index in [0.717, 1.165) is 30.1 Å². The van der Waals surface area contributed by atoms with Crippen molar-refractivity contribution >= 4 is 28.8 Å². The van der Waals surface area contributed by atoms with E-state index in [1.165, 1.54) is 0 Å². The molecule has 2 aromatic rings. The van der Waals surface area contributed by atoms with Gasteiger partial charge in [0.15, 0.2) is 0 Å². The lowest BCUT2D eigenvalue weighted by molar-refractivity contribution is 0.0710. The summed E-state index contributed by atoms with van der Waals surface area (Å²) in [5.41, 5.74) is 2.74. The highest BCUT2D eigenvalue weighted by atomic mass is 32.1. The van der Waals surface area contributed by atoms with Crippen LogP contribution in [-0.4, -0.2) is 48.1 Å². The summed E-state index contributed by atoms with van der Waals surface area (Å²) in [4.78, 5) is 28.7. The second kappa shape index (κ2) is 6.80. The smallest absolute Gasteiger partial charge is 0.284 e. The van der Waals surface area contributed by atoms with Gasteiger partial charge in [0.25, 0.3) is 11.8 Å². The monoisotopic (exact) mass is 331 g/mol. The van der Waals surface area contributed by atoms with Gasteiger partial charge in [-0.2, -0.15) is 0 Å². The highest BCUT2D eigenvalue weighted by Gasteiger charge is 2.24. The van der Waals surface area contributed by atoms with Crippen LogP contribution in [0.25, 0.3) is 0 Å². The Bertz CT molecular complexity index is 694. The Morgan fingerprint density at radius 2 is 1.61 bits per heavy atom. The lowest BCUT2D eigenvalue weighted by Crippen LogP contribution is -2.48. The van der Waals surface area contributed by atoms with Crippen LogP contribution in [0.2, 0.25) is 0 Å². The molecule has 2 heterocycles. The fraction of sp³-hybridized carbons (Fsp3) is 0.250. The first kappa shape index (κ1) is 15.5. The third-order valence-electron chi connectivity index (χ3n) is 3.83. The van der Waals surface area contributed by atoms with Crippen LogP contribution in [0.3, 0.4) is 0 Å². The molecule has 3 rings (SSSR count). The normalized spacial score (nSPS) is 14.7. The number of hydrogen-bond donors (Lipinski definition) is 2. The number of hydrogen-bond acceptors (Lipinski definition) is 5. The minimum Gasteiger partial charge on any atom is -0.368 e. The molecule has 0 radical (unpaired) electrons. The Hall–Kier alpha value is -2.38. The van der Waals surface area contributed by atoms with Crippen LogP contribution in [0, 0.1) is 0 Å². The van der Waals surface area contributed by atoms with Gasteiger partial charge in [0, 0.05) is 31.9 Å². The van der Waals surface area contributed by atoms with Gasteiger partial charge in [-0.05, 0) is 24.3 Å². The summed E-state index contributed by atoms with van der Waals surface area (Å²) in [5.74, 6) is -0.664. The lowest BCUT2D eigenvalue weighted by atomic mass is 10.2. The number of carbonyl (C=O) groups excluding carboxylic acids is 2. The lowest BCUT2D eigenvalue weighted by Gasteiger charge is -2.35. The molecule has 2 amide bonds. The van der Waals surface area contributed by atoms with Gasteiger partial charge >= 0.3 is 0 Å². The predicted octanol–water partition coefficient (Wildman–Crippen LogP) is 1.83. The summed E-state index contributed by atoms with van der Waals surface area (Å²) in [7, 11) is 0. The van der Waals surface area contributed by atoms with Crippen LogP contribution in [-0.2, 0) is 0 Å². The van der Waals surface area contributed by atoms with E-state index < -0.39 is 5.91 Å². The van der Waals surface area contributed by atoms with E-state index in [9.17, 15) is 9.59 Å². The van der Waals surface area contributed by atoms with Crippen molar-refractivity contribution in [2.45, 2.75) is 0 Å². The fourth-order valence-corrected chi connectivity index (χ4v) is 3.46. The quantitative estimate of drug-likeness (QED) is 0.665. The largest absolute Gasteiger partial charge is 0.368 e. The molecule has 1 aliphatic heterocycles. The molecule has 7 heteroatoms. The minimum atomic E-state index is -0.594. The zero-order chi connectivity index (χ0) is 16.2. The molecular formula is C16H17N3O3S. The zero-order valence-corrected chi connectivity index (χ0v) is 13.3. The van der Waals surface area contributed by atoms with Gasteiger partial charge in [-0.25, -0.2) is 5.48 Å². The first-order valence-electron chi connectivity index (χ1n) is 7.32. The van der Waals surface area contributed by atoms with Gasteiger partial charge in [-0.3, -0.25) is 14.8 Å². The van der Waals surface area contributed by atoms with Crippen LogP contribution < -0.4 is 10.4 Å². The van der Waals surface area contributed by atoms with Gasteiger partial charge in [0.1, 0.15) is 0 Å². The van der Waals surface area contributed by atoms with Gasteiger partial charge in [0.05, 0.1) is 9.75 Å². The number of rotatable bonds is 3. The van der Waals surface area contributed by atoms with Crippen molar-refractivity contribution in [1.29, 1.82) is 0 Å². The van der Waals surface area contributed by atoms with E-state index in [4.69, 9.17) is 5.21 Å². The number of para-hydroxylation sites is 1. The number of nitrogens with zero attached hydrogens (tertiary/aromatic N) is 2. The van der Waals surface area contributed by atoms with Gasteiger partial charge in [-0.1, -0.05) is 18.2 Å². The van der Waals surface area contributed by atoms with E-state index >= 15 is 0 Å². The molecule has 0 atom stereocenters. The molecule has 0 bridgehead atoms. The number of hydroxylamine groups is 1. The Balaban J connectivity index is 1.62. The summed E-state index contributed by atoms with van der Waals surface area (Å²) < 4.78 is 0. The highest BCUT2D eigenvalue weighted by molar-refractivity contribution is 7.15. The molecule has 1 aliphatic rings. The van der Waals surface area contributed by atoms with Crippen LogP contribution in [0.4, 0.5) is 5.69 Å². The number of nitrogens with one attached hydrogen (secondary N) is 1. The van der Waals surface area contributed by atoms with Crippen molar-refractivity contribution in [3.05, 3.63) is 52.2 Å². The molecule has 1 fully saturated rings. The summed E-state index contributed by atoms with van der Waals surface area (Å²) in [6.07, 6.45) is 0. The number of thiophene rings is 1. The molecule has 23 heavy (non-hydrogen) atoms. The SMILES string of the molecule is O=C(NO)c1ccc(C(=O)N2CCN(c3ccccc3)CC2)s1. The number of carbonyl (C=O) groups is 2. The predicted molar refractivity (Wildman–Crippen MR) is 88.1 cm³/mol. The molecule has 0 aliphatic carbocycles. The topological polar surface area (TPSA) is 72.9 Å². The Morgan fingerprint density at radius 3 is 2.26 bits per heavy atom. The van der Waals surface area contributed by atoms with Crippen LogP contribution >= 0.6 is 11.3 Å². The van der Waals surface area contributed by atoms with Gasteiger partial charge in [0.2, 0.25) is 0 Å². The molecule has 0 spiro atoms. The maximum Gasteiger partial charge on any atom is 0.284 e. The molecule has 1 aromatic heterocycles. The van der Waals surface area contributed by atoms with E-state index in [2.05, 4.69) is 17.0 Å². The van der Waals surface area contributed by atoms with E-state index in [0.29, 0.717) is 22.8 Å². The van der Waals surface area contributed by atoms with Gasteiger partial charge in [-0.15, -0.1) is 11.3 Å². The van der Waals surface area contributed by atoms with Gasteiger partial charge < -0.3 is 9.80 Å². The number of piperazine rings is 1. The standard InChI is InChI=1S/C16H17N3O3S/c20-15(17-22)13-6-7-14(23-13)16(21)19-10-8-18(9-11-19)12-4-2-1-3-5-12/h1-7,22H,8-11H2,(H,17,20). The van der Waals surface area contributed by atoms with E-state index in [1.807, 2.05) is 18.2 Å². The second-order valence-electron chi connectivity index (χ2n) is 5.22. The highest BCUT2D eigenvalue weighted by Crippen LogP contribution is 2.21. The van der Waals surface area contributed by atoms with Crippen molar-refractivity contribution < 1.29 is 14.8 Å². The second-order valence-corrected chi connectivity index (χ2v) is 6.30. The van der Waals surface area contributed by atoms with Crippen molar-refractivity contribution in [3.63, 3.8) is 0 Å². The molecule has 2 N–H and O–H groups in total. The number of anilines is 1. The maximum atomic E-state index is 12.5. The van der Waals surface area contributed by atoms with E-state index in [-0.39, 0.29) is 5.91 Å². The maximum absolute atomic E-state index is 12.5. The van der Waals surface area contributed by atoms with Crippen LogP contribution in [0.15, 0.2) is 42.5 Å². The van der Waals surface area contributed by atoms with Crippen molar-refractivity contribution in [2.75, 3.05) is 31.1 Å². The summed E-state index contributed by atoms with van der Waals surface area (Å²) in [6, 6.07) is 13.3. The Labute approximate surface area is 137 Å². The van der Waals surface area contributed by atoms with E-state index in [1.54, 1.807) is 22.5 Å². The Morgan fingerprint density at radius 1 is 0.957 bits per heavy atom. The summed E-state index contributed by atoms with van der Waals surface area (Å²) >= 11 is 1.09. The average molecular weight is 331 g/mol. The summed E-state index contributed by atoms with van der Waals surface area (Å²) in [6.45, 7) is 2.86. The third kappa shape index (κ3) is 3.35. The van der Waals surface area contributed by atoms with Crippen molar-refractivity contribution in [2.24, 2.45) is 0 Å². The molecule has 1 aromatic carbocycles. The third-order valence-corrected chi connectivity index (χ3v) is 4.90. The number of amides is 2. The summed E-state index contributed by atoms with van der Waals surface area (Å²) in [5, 5.41) is 8.63. The van der Waals surface area contributed by atoms with Crippen molar-refractivity contribution in [1.82, 2.24) is 10.4 Å². The van der Waals surface area contributed by atoms with Crippen molar-refractivity contribution in [3.8, 4) is 0 Å². The first-order valence-corrected chi connectivity index (χ1v) is 8.14. The molecular weight excluding hydrogens is 314 g/mol. The van der Waals surface area contributed by atoms with Crippen LogP contribution in [0.5, 0.6) is 0 Å². The fourth-order valence-electron chi connectivity index (χ4n) is 2.59.